The van der Waals surface area contributed by atoms with Crippen molar-refractivity contribution in [3.8, 4) is 5.75 Å². The number of ketones is 1. The molecule has 1 heterocycles. The van der Waals surface area contributed by atoms with Crippen LogP contribution in [0.1, 0.15) is 16.8 Å². The highest BCUT2D eigenvalue weighted by atomic mass is 19.1. The summed E-state index contributed by atoms with van der Waals surface area (Å²) < 4.78 is 13.1. The Labute approximate surface area is 109 Å². The van der Waals surface area contributed by atoms with Gasteiger partial charge >= 0.3 is 0 Å². The molecule has 102 valence electrons. The van der Waals surface area contributed by atoms with Crippen molar-refractivity contribution in [1.82, 2.24) is 4.90 Å². The molecule has 1 aliphatic heterocycles. The van der Waals surface area contributed by atoms with Crippen LogP contribution in [0.4, 0.5) is 4.39 Å². The molecule has 5 nitrogen and oxygen atoms in total. The number of likely N-dealkylation sites (tertiary alicyclic amines) is 1. The smallest absolute Gasteiger partial charge is 0.221 e. The van der Waals surface area contributed by atoms with Crippen molar-refractivity contribution in [2.24, 2.45) is 11.7 Å². The van der Waals surface area contributed by atoms with Crippen molar-refractivity contribution in [3.05, 3.63) is 29.6 Å². The van der Waals surface area contributed by atoms with Crippen molar-refractivity contribution < 1.29 is 19.1 Å². The van der Waals surface area contributed by atoms with Gasteiger partial charge in [0.2, 0.25) is 5.91 Å². The Morgan fingerprint density at radius 1 is 1.47 bits per heavy atom. The van der Waals surface area contributed by atoms with Gasteiger partial charge in [0.15, 0.2) is 5.78 Å². The van der Waals surface area contributed by atoms with E-state index < -0.39 is 5.82 Å². The van der Waals surface area contributed by atoms with Gasteiger partial charge in [0.25, 0.3) is 0 Å². The van der Waals surface area contributed by atoms with E-state index in [1.165, 1.54) is 0 Å². The maximum atomic E-state index is 13.1. The largest absolute Gasteiger partial charge is 0.507 e. The van der Waals surface area contributed by atoms with Crippen LogP contribution in [-0.4, -0.2) is 41.3 Å². The van der Waals surface area contributed by atoms with Crippen molar-refractivity contribution in [2.75, 3.05) is 19.6 Å². The fourth-order valence-electron chi connectivity index (χ4n) is 2.23. The number of amides is 1. The molecule has 1 atom stereocenters. The second kappa shape index (κ2) is 5.36. The molecule has 1 aliphatic rings. The van der Waals surface area contributed by atoms with Gasteiger partial charge in [0.1, 0.15) is 11.6 Å². The van der Waals surface area contributed by atoms with Gasteiger partial charge in [0, 0.05) is 6.54 Å². The topological polar surface area (TPSA) is 83.6 Å². The molecule has 0 aromatic heterocycles. The van der Waals surface area contributed by atoms with Crippen LogP contribution >= 0.6 is 0 Å². The van der Waals surface area contributed by atoms with E-state index in [1.807, 2.05) is 0 Å². The van der Waals surface area contributed by atoms with Gasteiger partial charge < -0.3 is 10.8 Å². The van der Waals surface area contributed by atoms with Crippen molar-refractivity contribution in [1.29, 1.82) is 0 Å². The van der Waals surface area contributed by atoms with Gasteiger partial charge in [-0.1, -0.05) is 0 Å². The molecule has 1 amide bonds. The number of carbonyl (C=O) groups excluding carboxylic acids is 2. The highest BCUT2D eigenvalue weighted by molar-refractivity contribution is 6.00. The average molecular weight is 266 g/mol. The van der Waals surface area contributed by atoms with Crippen molar-refractivity contribution in [2.45, 2.75) is 6.42 Å². The second-order valence-corrected chi connectivity index (χ2v) is 4.71. The molecule has 1 saturated heterocycles. The molecule has 1 aromatic rings. The third-order valence-electron chi connectivity index (χ3n) is 3.30. The summed E-state index contributed by atoms with van der Waals surface area (Å²) in [6.07, 6.45) is 0.623. The predicted octanol–water partition coefficient (Wildman–Crippen LogP) is 0.521. The lowest BCUT2D eigenvalue weighted by Crippen LogP contribution is -2.31. The number of phenolic OH excluding ortho intramolecular Hbond substituents is 1. The third-order valence-corrected chi connectivity index (χ3v) is 3.30. The molecule has 1 fully saturated rings. The quantitative estimate of drug-likeness (QED) is 0.778. The molecular formula is C13H15FN2O3. The number of phenols is 1. The van der Waals surface area contributed by atoms with E-state index in [2.05, 4.69) is 0 Å². The second-order valence-electron chi connectivity index (χ2n) is 4.71. The monoisotopic (exact) mass is 266 g/mol. The first kappa shape index (κ1) is 13.5. The van der Waals surface area contributed by atoms with Gasteiger partial charge in [-0.25, -0.2) is 4.39 Å². The van der Waals surface area contributed by atoms with Gasteiger partial charge in [-0.05, 0) is 31.2 Å². The molecule has 1 aromatic carbocycles. The molecule has 0 bridgehead atoms. The fraction of sp³-hybridized carbons (Fsp3) is 0.385. The van der Waals surface area contributed by atoms with E-state index >= 15 is 0 Å². The summed E-state index contributed by atoms with van der Waals surface area (Å²) in [5.74, 6) is -1.80. The third kappa shape index (κ3) is 3.08. The standard InChI is InChI=1S/C13H15FN2O3/c14-9-1-2-11(17)10(5-9)12(18)7-16-4-3-8(6-16)13(15)19/h1-2,5,8,17H,3-4,6-7H2,(H2,15,19). The summed E-state index contributed by atoms with van der Waals surface area (Å²) in [5, 5.41) is 9.54. The number of aromatic hydroxyl groups is 1. The lowest BCUT2D eigenvalue weighted by atomic mass is 10.1. The van der Waals surface area contributed by atoms with Crippen LogP contribution in [-0.2, 0) is 4.79 Å². The van der Waals surface area contributed by atoms with Crippen LogP contribution < -0.4 is 5.73 Å². The van der Waals surface area contributed by atoms with Crippen LogP contribution in [0.5, 0.6) is 5.75 Å². The summed E-state index contributed by atoms with van der Waals surface area (Å²) >= 11 is 0. The Morgan fingerprint density at radius 2 is 2.21 bits per heavy atom. The number of rotatable bonds is 4. The molecule has 6 heteroatoms. The Bertz CT molecular complexity index is 519. The van der Waals surface area contributed by atoms with Gasteiger partial charge in [-0.15, -0.1) is 0 Å². The van der Waals surface area contributed by atoms with E-state index in [4.69, 9.17) is 5.73 Å². The van der Waals surface area contributed by atoms with Crippen molar-refractivity contribution >= 4 is 11.7 Å². The van der Waals surface area contributed by atoms with E-state index in [0.717, 1.165) is 18.2 Å². The zero-order valence-electron chi connectivity index (χ0n) is 10.3. The van der Waals surface area contributed by atoms with Gasteiger partial charge in [-0.3, -0.25) is 14.5 Å². The zero-order chi connectivity index (χ0) is 14.0. The van der Waals surface area contributed by atoms with Crippen LogP contribution in [0.2, 0.25) is 0 Å². The molecule has 19 heavy (non-hydrogen) atoms. The number of primary amides is 1. The van der Waals surface area contributed by atoms with E-state index in [9.17, 15) is 19.1 Å². The number of Topliss-reactive ketones (excluding diaryl/α,β-unsaturated/α-hetero) is 1. The predicted molar refractivity (Wildman–Crippen MR) is 66.1 cm³/mol. The normalized spacial score (nSPS) is 19.5. The Kier molecular flexibility index (Phi) is 3.80. The summed E-state index contributed by atoms with van der Waals surface area (Å²) in [5.41, 5.74) is 5.17. The molecule has 0 aliphatic carbocycles. The Hall–Kier alpha value is -1.95. The highest BCUT2D eigenvalue weighted by Crippen LogP contribution is 2.21. The van der Waals surface area contributed by atoms with E-state index in [0.29, 0.717) is 19.5 Å². The summed E-state index contributed by atoms with van der Waals surface area (Å²) in [4.78, 5) is 24.8. The van der Waals surface area contributed by atoms with Gasteiger partial charge in [0.05, 0.1) is 18.0 Å². The number of hydrogen-bond acceptors (Lipinski definition) is 4. The minimum absolute atomic E-state index is 0.0393. The van der Waals surface area contributed by atoms with Crippen LogP contribution in [0.15, 0.2) is 18.2 Å². The molecule has 3 N–H and O–H groups in total. The minimum Gasteiger partial charge on any atom is -0.507 e. The lowest BCUT2D eigenvalue weighted by molar-refractivity contribution is -0.121. The number of hydrogen-bond donors (Lipinski definition) is 2. The first-order chi connectivity index (χ1) is 8.97. The SMILES string of the molecule is NC(=O)C1CCN(CC(=O)c2cc(F)ccc2O)C1. The maximum absolute atomic E-state index is 13.1. The number of nitrogens with two attached hydrogens (primary N) is 1. The first-order valence-electron chi connectivity index (χ1n) is 6.00. The minimum atomic E-state index is -0.572. The number of halogens is 1. The zero-order valence-corrected chi connectivity index (χ0v) is 10.3. The number of benzene rings is 1. The fourth-order valence-corrected chi connectivity index (χ4v) is 2.23. The first-order valence-corrected chi connectivity index (χ1v) is 6.00. The Morgan fingerprint density at radius 3 is 2.84 bits per heavy atom. The highest BCUT2D eigenvalue weighted by Gasteiger charge is 2.28. The number of nitrogens with zero attached hydrogens (tertiary/aromatic N) is 1. The molecular weight excluding hydrogens is 251 g/mol. The molecule has 0 spiro atoms. The van der Waals surface area contributed by atoms with Crippen LogP contribution in [0.3, 0.4) is 0 Å². The lowest BCUT2D eigenvalue weighted by Gasteiger charge is -2.14. The van der Waals surface area contributed by atoms with Crippen molar-refractivity contribution in [3.63, 3.8) is 0 Å². The molecule has 0 radical (unpaired) electrons. The number of carbonyl (C=O) groups is 2. The van der Waals surface area contributed by atoms with Crippen LogP contribution in [0.25, 0.3) is 0 Å². The summed E-state index contributed by atoms with van der Waals surface area (Å²) in [6.45, 7) is 1.06. The maximum Gasteiger partial charge on any atom is 0.221 e. The average Bonchev–Trinajstić information content (AvgIpc) is 2.80. The van der Waals surface area contributed by atoms with E-state index in [-0.39, 0.29) is 35.5 Å². The summed E-state index contributed by atoms with van der Waals surface area (Å²) in [6, 6.07) is 3.25. The summed E-state index contributed by atoms with van der Waals surface area (Å²) in [7, 11) is 0. The molecule has 2 rings (SSSR count). The molecule has 1 unspecified atom stereocenters. The molecule has 0 saturated carbocycles. The van der Waals surface area contributed by atoms with E-state index in [1.54, 1.807) is 4.90 Å². The van der Waals surface area contributed by atoms with Gasteiger partial charge in [-0.2, -0.15) is 0 Å². The van der Waals surface area contributed by atoms with Crippen LogP contribution in [0, 0.1) is 11.7 Å². The Balaban J connectivity index is 2.02.